The van der Waals surface area contributed by atoms with Crippen molar-refractivity contribution in [3.63, 3.8) is 0 Å². The van der Waals surface area contributed by atoms with Crippen LogP contribution in [0.2, 0.25) is 5.82 Å². The normalized spacial score (nSPS) is 25.7. The maximum Gasteiger partial charge on any atom is 0.130 e. The van der Waals surface area contributed by atoms with Crippen LogP contribution in [0.25, 0.3) is 0 Å². The molecule has 2 heteroatoms. The first-order valence-electron chi connectivity index (χ1n) is 10.6. The molecule has 0 aromatic carbocycles. The number of Topliss-reactive ketones (excluding diaryl/α,β-unsaturated/α-hetero) is 1. The highest BCUT2D eigenvalue weighted by molar-refractivity contribution is 6.24. The zero-order chi connectivity index (χ0) is 16.3. The summed E-state index contributed by atoms with van der Waals surface area (Å²) in [5.41, 5.74) is 0. The number of hydrogen-bond acceptors (Lipinski definition) is 1. The lowest BCUT2D eigenvalue weighted by Crippen LogP contribution is -2.26. The second-order valence-corrected chi connectivity index (χ2v) is 8.14. The van der Waals surface area contributed by atoms with Crippen molar-refractivity contribution < 1.29 is 4.79 Å². The molecule has 1 unspecified atom stereocenters. The summed E-state index contributed by atoms with van der Waals surface area (Å²) in [6.45, 7) is 0. The molecule has 0 amide bonds. The molecule has 130 valence electrons. The Morgan fingerprint density at radius 3 is 1.39 bits per heavy atom. The molecule has 0 aromatic heterocycles. The van der Waals surface area contributed by atoms with Crippen molar-refractivity contribution in [2.75, 3.05) is 0 Å². The Hall–Kier alpha value is -0.265. The lowest BCUT2D eigenvalue weighted by molar-refractivity contribution is -0.124. The van der Waals surface area contributed by atoms with E-state index >= 15 is 0 Å². The fourth-order valence-electron chi connectivity index (χ4n) is 4.62. The zero-order valence-electron chi connectivity index (χ0n) is 15.2. The van der Waals surface area contributed by atoms with Crippen molar-refractivity contribution in [1.82, 2.24) is 0 Å². The van der Waals surface area contributed by atoms with Gasteiger partial charge in [0.05, 0.1) is 7.85 Å². The van der Waals surface area contributed by atoms with Gasteiger partial charge in [-0.15, -0.1) is 0 Å². The molecule has 0 aromatic rings. The zero-order valence-corrected chi connectivity index (χ0v) is 15.2. The van der Waals surface area contributed by atoms with Gasteiger partial charge in [-0.1, -0.05) is 96.3 Å². The van der Waals surface area contributed by atoms with Gasteiger partial charge in [0.25, 0.3) is 0 Å². The van der Waals surface area contributed by atoms with E-state index in [1.165, 1.54) is 96.3 Å². The number of carbonyl (C=O) groups is 1. The topological polar surface area (TPSA) is 17.1 Å². The van der Waals surface area contributed by atoms with Gasteiger partial charge in [-0.3, -0.25) is 4.79 Å². The van der Waals surface area contributed by atoms with Gasteiger partial charge in [0.15, 0.2) is 0 Å². The minimum absolute atomic E-state index is 0.180. The predicted molar refractivity (Wildman–Crippen MR) is 100.0 cm³/mol. The van der Waals surface area contributed by atoms with E-state index in [9.17, 15) is 4.79 Å². The standard InChI is InChI=1S/C21H37BO/c22-20(18-14-10-6-2-1-3-7-11-15-18)21(23)19-16-12-8-4-5-9-13-17-19/h18-20H,1-17H2. The smallest absolute Gasteiger partial charge is 0.130 e. The molecule has 2 saturated carbocycles. The van der Waals surface area contributed by atoms with E-state index in [4.69, 9.17) is 7.85 Å². The van der Waals surface area contributed by atoms with Crippen LogP contribution in [0, 0.1) is 11.8 Å². The lowest BCUT2D eigenvalue weighted by Gasteiger charge is -2.28. The summed E-state index contributed by atoms with van der Waals surface area (Å²) >= 11 is 0. The highest BCUT2D eigenvalue weighted by Crippen LogP contribution is 2.34. The Bertz CT molecular complexity index is 308. The van der Waals surface area contributed by atoms with Crippen molar-refractivity contribution in [3.8, 4) is 0 Å². The van der Waals surface area contributed by atoms with Crippen LogP contribution in [0.3, 0.4) is 0 Å². The van der Waals surface area contributed by atoms with Crippen molar-refractivity contribution in [1.29, 1.82) is 0 Å². The fourth-order valence-corrected chi connectivity index (χ4v) is 4.62. The van der Waals surface area contributed by atoms with Crippen LogP contribution in [0.4, 0.5) is 0 Å². The summed E-state index contributed by atoms with van der Waals surface area (Å²) in [6, 6.07) is 0. The first-order valence-corrected chi connectivity index (χ1v) is 10.6. The van der Waals surface area contributed by atoms with Crippen molar-refractivity contribution in [2.45, 2.75) is 115 Å². The highest BCUT2D eigenvalue weighted by atomic mass is 16.1. The van der Waals surface area contributed by atoms with E-state index in [2.05, 4.69) is 0 Å². The average Bonchev–Trinajstić information content (AvgIpc) is 2.72. The summed E-state index contributed by atoms with van der Waals surface area (Å²) in [4.78, 5) is 13.0. The molecule has 1 atom stereocenters. The molecule has 0 aliphatic heterocycles. The molecule has 2 fully saturated rings. The van der Waals surface area contributed by atoms with Crippen LogP contribution >= 0.6 is 0 Å². The molecule has 2 aliphatic rings. The third-order valence-electron chi connectivity index (χ3n) is 6.24. The molecule has 0 saturated heterocycles. The number of rotatable bonds is 3. The minimum atomic E-state index is -0.180. The van der Waals surface area contributed by atoms with Crippen molar-refractivity contribution >= 4 is 13.6 Å². The molecule has 23 heavy (non-hydrogen) atoms. The summed E-state index contributed by atoms with van der Waals surface area (Å²) in [5, 5.41) is 0. The summed E-state index contributed by atoms with van der Waals surface area (Å²) < 4.78 is 0. The van der Waals surface area contributed by atoms with Gasteiger partial charge in [0, 0.05) is 5.92 Å². The van der Waals surface area contributed by atoms with Crippen LogP contribution in [0.1, 0.15) is 109 Å². The van der Waals surface area contributed by atoms with E-state index in [0.717, 1.165) is 12.8 Å². The molecule has 0 heterocycles. The monoisotopic (exact) mass is 316 g/mol. The molecule has 0 N–H and O–H groups in total. The Balaban J connectivity index is 1.88. The van der Waals surface area contributed by atoms with Crippen LogP contribution in [-0.4, -0.2) is 13.6 Å². The van der Waals surface area contributed by atoms with Gasteiger partial charge >= 0.3 is 0 Å². The molecule has 0 spiro atoms. The second kappa shape index (κ2) is 11.3. The van der Waals surface area contributed by atoms with E-state index in [1.807, 2.05) is 0 Å². The Kier molecular flexibility index (Phi) is 9.38. The number of ketones is 1. The molecule has 2 radical (unpaired) electrons. The highest BCUT2D eigenvalue weighted by Gasteiger charge is 2.28. The van der Waals surface area contributed by atoms with Gasteiger partial charge in [-0.05, 0) is 24.6 Å². The Labute approximate surface area is 145 Å². The van der Waals surface area contributed by atoms with Crippen molar-refractivity contribution in [2.24, 2.45) is 11.8 Å². The van der Waals surface area contributed by atoms with Gasteiger partial charge in [0.2, 0.25) is 0 Å². The van der Waals surface area contributed by atoms with Gasteiger partial charge < -0.3 is 0 Å². The van der Waals surface area contributed by atoms with Crippen LogP contribution in [0.5, 0.6) is 0 Å². The quantitative estimate of drug-likeness (QED) is 0.550. The van der Waals surface area contributed by atoms with Gasteiger partial charge in [-0.2, -0.15) is 0 Å². The van der Waals surface area contributed by atoms with Gasteiger partial charge in [0.1, 0.15) is 5.78 Å². The third kappa shape index (κ3) is 7.02. The van der Waals surface area contributed by atoms with E-state index in [0.29, 0.717) is 11.7 Å². The summed E-state index contributed by atoms with van der Waals surface area (Å²) in [6.07, 6.45) is 21.7. The lowest BCUT2D eigenvalue weighted by atomic mass is 9.66. The summed E-state index contributed by atoms with van der Waals surface area (Å²) in [5.74, 6) is 0.945. The van der Waals surface area contributed by atoms with Crippen LogP contribution in [-0.2, 0) is 4.79 Å². The maximum atomic E-state index is 13.0. The van der Waals surface area contributed by atoms with Crippen molar-refractivity contribution in [3.05, 3.63) is 0 Å². The number of carbonyl (C=O) groups excluding carboxylic acids is 1. The first-order chi connectivity index (χ1) is 11.3. The maximum absolute atomic E-state index is 13.0. The number of hydrogen-bond donors (Lipinski definition) is 0. The fraction of sp³-hybridized carbons (Fsp3) is 0.952. The third-order valence-corrected chi connectivity index (χ3v) is 6.24. The molecule has 2 aliphatic carbocycles. The SMILES string of the molecule is [B]C(C(=O)C1CCCCCCCC1)C1CCCCCCCCC1. The van der Waals surface area contributed by atoms with E-state index < -0.39 is 0 Å². The molecule has 2 rings (SSSR count). The van der Waals surface area contributed by atoms with E-state index in [1.54, 1.807) is 0 Å². The molecule has 0 bridgehead atoms. The largest absolute Gasteiger partial charge is 0.300 e. The predicted octanol–water partition coefficient (Wildman–Crippen LogP) is 6.40. The minimum Gasteiger partial charge on any atom is -0.300 e. The van der Waals surface area contributed by atoms with E-state index in [-0.39, 0.29) is 11.7 Å². The summed E-state index contributed by atoms with van der Waals surface area (Å²) in [7, 11) is 6.51. The van der Waals surface area contributed by atoms with Crippen LogP contribution < -0.4 is 0 Å². The Morgan fingerprint density at radius 2 is 0.957 bits per heavy atom. The molecule has 1 nitrogen and oxygen atoms in total. The average molecular weight is 316 g/mol. The molecular formula is C21H37BO. The molecular weight excluding hydrogens is 279 g/mol. The van der Waals surface area contributed by atoms with Gasteiger partial charge in [-0.25, -0.2) is 0 Å². The first kappa shape index (κ1) is 19.1. The Morgan fingerprint density at radius 1 is 0.609 bits per heavy atom. The van der Waals surface area contributed by atoms with Crippen LogP contribution in [0.15, 0.2) is 0 Å². The second-order valence-electron chi connectivity index (χ2n) is 8.14.